The molecule has 108 valence electrons. The van der Waals surface area contributed by atoms with E-state index in [0.717, 1.165) is 27.4 Å². The highest BCUT2D eigenvalue weighted by Crippen LogP contribution is 2.24. The van der Waals surface area contributed by atoms with Crippen molar-refractivity contribution >= 4 is 33.5 Å². The minimum absolute atomic E-state index is 0.526. The van der Waals surface area contributed by atoms with Gasteiger partial charge in [0.2, 0.25) is 0 Å². The third-order valence-electron chi connectivity index (χ3n) is 3.89. The van der Waals surface area contributed by atoms with Crippen molar-refractivity contribution in [3.63, 3.8) is 0 Å². The van der Waals surface area contributed by atoms with Crippen LogP contribution in [0, 0.1) is 11.3 Å². The van der Waals surface area contributed by atoms with Gasteiger partial charge in [-0.1, -0.05) is 54.6 Å². The Hall–Kier alpha value is -3.38. The van der Waals surface area contributed by atoms with E-state index in [-0.39, 0.29) is 0 Å². The number of fused-ring (bicyclic) bond motifs is 2. The number of allylic oxidation sites excluding steroid dienone is 1. The van der Waals surface area contributed by atoms with Gasteiger partial charge in [-0.3, -0.25) is 0 Å². The Kier molecular flexibility index (Phi) is 3.14. The summed E-state index contributed by atoms with van der Waals surface area (Å²) in [5, 5.41) is 11.8. The second kappa shape index (κ2) is 5.43. The molecule has 0 unspecified atom stereocenters. The number of H-pyrrole nitrogens is 1. The largest absolute Gasteiger partial charge is 0.337 e. The van der Waals surface area contributed by atoms with Crippen LogP contribution in [0.3, 0.4) is 0 Å². The van der Waals surface area contributed by atoms with Crippen molar-refractivity contribution in [1.29, 1.82) is 5.26 Å². The molecule has 0 aliphatic rings. The maximum atomic E-state index is 9.56. The van der Waals surface area contributed by atoms with Gasteiger partial charge in [0.25, 0.3) is 0 Å². The van der Waals surface area contributed by atoms with Crippen LogP contribution in [0.15, 0.2) is 66.7 Å². The van der Waals surface area contributed by atoms with Crippen LogP contribution < -0.4 is 0 Å². The summed E-state index contributed by atoms with van der Waals surface area (Å²) in [6, 6.07) is 24.3. The van der Waals surface area contributed by atoms with Gasteiger partial charge in [-0.15, -0.1) is 0 Å². The number of hydrogen-bond acceptors (Lipinski definition) is 2. The smallest absolute Gasteiger partial charge is 0.149 e. The van der Waals surface area contributed by atoms with Crippen LogP contribution in [0.5, 0.6) is 0 Å². The van der Waals surface area contributed by atoms with Gasteiger partial charge >= 0.3 is 0 Å². The van der Waals surface area contributed by atoms with E-state index in [1.54, 1.807) is 0 Å². The molecule has 1 aromatic heterocycles. The monoisotopic (exact) mass is 295 g/mol. The van der Waals surface area contributed by atoms with Crippen LogP contribution in [0.25, 0.3) is 33.5 Å². The molecule has 4 aromatic rings. The van der Waals surface area contributed by atoms with E-state index in [1.165, 1.54) is 0 Å². The number of nitrogens with zero attached hydrogens (tertiary/aromatic N) is 2. The minimum atomic E-state index is 0.526. The van der Waals surface area contributed by atoms with E-state index in [1.807, 2.05) is 54.6 Å². The van der Waals surface area contributed by atoms with Gasteiger partial charge in [0.1, 0.15) is 11.9 Å². The molecule has 3 aromatic carbocycles. The summed E-state index contributed by atoms with van der Waals surface area (Å²) < 4.78 is 0. The van der Waals surface area contributed by atoms with Gasteiger partial charge < -0.3 is 4.98 Å². The highest BCUT2D eigenvalue weighted by atomic mass is 14.9. The summed E-state index contributed by atoms with van der Waals surface area (Å²) >= 11 is 0. The Bertz CT molecular complexity index is 1040. The first-order valence-corrected chi connectivity index (χ1v) is 7.40. The lowest BCUT2D eigenvalue weighted by molar-refractivity contribution is 1.27. The molecule has 0 atom stereocenters. The summed E-state index contributed by atoms with van der Waals surface area (Å²) in [7, 11) is 0. The average molecular weight is 295 g/mol. The van der Waals surface area contributed by atoms with Crippen molar-refractivity contribution in [2.75, 3.05) is 0 Å². The van der Waals surface area contributed by atoms with Crippen LogP contribution in [0.1, 0.15) is 11.4 Å². The third kappa shape index (κ3) is 2.37. The number of nitriles is 1. The topological polar surface area (TPSA) is 52.5 Å². The van der Waals surface area contributed by atoms with Crippen molar-refractivity contribution in [1.82, 2.24) is 9.97 Å². The number of hydrogen-bond donors (Lipinski definition) is 1. The molecule has 23 heavy (non-hydrogen) atoms. The molecule has 1 heterocycles. The second-order valence-corrected chi connectivity index (χ2v) is 5.34. The number of para-hydroxylation sites is 2. The Labute approximate surface area is 133 Å². The van der Waals surface area contributed by atoms with Crippen molar-refractivity contribution in [3.8, 4) is 6.07 Å². The molecule has 4 rings (SSSR count). The summed E-state index contributed by atoms with van der Waals surface area (Å²) in [6.07, 6.45) is 1.89. The molecular formula is C20H13N3. The zero-order valence-corrected chi connectivity index (χ0v) is 12.3. The molecule has 0 saturated heterocycles. The third-order valence-corrected chi connectivity index (χ3v) is 3.89. The van der Waals surface area contributed by atoms with Crippen LogP contribution >= 0.6 is 0 Å². The molecule has 0 saturated carbocycles. The number of benzene rings is 3. The van der Waals surface area contributed by atoms with E-state index in [9.17, 15) is 5.26 Å². The average Bonchev–Trinajstić information content (AvgIpc) is 3.03. The van der Waals surface area contributed by atoms with Crippen LogP contribution in [-0.4, -0.2) is 9.97 Å². The van der Waals surface area contributed by atoms with Crippen molar-refractivity contribution in [2.45, 2.75) is 0 Å². The van der Waals surface area contributed by atoms with Crippen molar-refractivity contribution in [2.24, 2.45) is 0 Å². The predicted octanol–water partition coefficient (Wildman–Crippen LogP) is 4.78. The summed E-state index contributed by atoms with van der Waals surface area (Å²) in [4.78, 5) is 7.73. The fourth-order valence-electron chi connectivity index (χ4n) is 2.77. The minimum Gasteiger partial charge on any atom is -0.337 e. The number of imidazole rings is 1. The summed E-state index contributed by atoms with van der Waals surface area (Å²) in [6.45, 7) is 0. The molecule has 0 radical (unpaired) electrons. The number of rotatable bonds is 2. The lowest BCUT2D eigenvalue weighted by atomic mass is 10.0. The highest BCUT2D eigenvalue weighted by Gasteiger charge is 2.08. The lowest BCUT2D eigenvalue weighted by Crippen LogP contribution is -1.86. The molecule has 3 heteroatoms. The fourth-order valence-corrected chi connectivity index (χ4v) is 2.77. The zero-order chi connectivity index (χ0) is 15.6. The van der Waals surface area contributed by atoms with Crippen molar-refractivity contribution in [3.05, 3.63) is 78.1 Å². The molecule has 0 aliphatic carbocycles. The first-order valence-electron chi connectivity index (χ1n) is 7.40. The molecule has 3 nitrogen and oxygen atoms in total. The van der Waals surface area contributed by atoms with Gasteiger partial charge in [0.05, 0.1) is 16.6 Å². The quantitative estimate of drug-likeness (QED) is 0.541. The van der Waals surface area contributed by atoms with Gasteiger partial charge in [0.15, 0.2) is 0 Å². The SMILES string of the molecule is N#CC(=Cc1cccc2ccccc12)c1nc2ccccc2[nH]1. The zero-order valence-electron chi connectivity index (χ0n) is 12.3. The first kappa shape index (κ1) is 13.3. The van der Waals surface area contributed by atoms with E-state index >= 15 is 0 Å². The van der Waals surface area contributed by atoms with E-state index in [4.69, 9.17) is 0 Å². The summed E-state index contributed by atoms with van der Waals surface area (Å²) in [5.41, 5.74) is 3.33. The second-order valence-electron chi connectivity index (χ2n) is 5.34. The number of nitrogens with one attached hydrogen (secondary N) is 1. The maximum Gasteiger partial charge on any atom is 0.149 e. The van der Waals surface area contributed by atoms with Crippen LogP contribution in [-0.2, 0) is 0 Å². The Morgan fingerprint density at radius 2 is 1.74 bits per heavy atom. The summed E-state index contributed by atoms with van der Waals surface area (Å²) in [5.74, 6) is 0.599. The van der Waals surface area contributed by atoms with Gasteiger partial charge in [0, 0.05) is 0 Å². The van der Waals surface area contributed by atoms with E-state index < -0.39 is 0 Å². The molecule has 1 N–H and O–H groups in total. The molecule has 0 aliphatic heterocycles. The van der Waals surface area contributed by atoms with E-state index in [2.05, 4.69) is 34.2 Å². The van der Waals surface area contributed by atoms with Gasteiger partial charge in [-0.2, -0.15) is 5.26 Å². The lowest BCUT2D eigenvalue weighted by Gasteiger charge is -2.02. The molecular weight excluding hydrogens is 282 g/mol. The van der Waals surface area contributed by atoms with Crippen molar-refractivity contribution < 1.29 is 0 Å². The Morgan fingerprint density at radius 3 is 2.61 bits per heavy atom. The molecule has 0 bridgehead atoms. The maximum absolute atomic E-state index is 9.56. The number of aromatic amines is 1. The predicted molar refractivity (Wildman–Crippen MR) is 93.5 cm³/mol. The van der Waals surface area contributed by atoms with E-state index in [0.29, 0.717) is 11.4 Å². The van der Waals surface area contributed by atoms with Crippen LogP contribution in [0.2, 0.25) is 0 Å². The Balaban J connectivity index is 1.88. The van der Waals surface area contributed by atoms with Crippen LogP contribution in [0.4, 0.5) is 0 Å². The van der Waals surface area contributed by atoms with Gasteiger partial charge in [-0.25, -0.2) is 4.98 Å². The van der Waals surface area contributed by atoms with Gasteiger partial charge in [-0.05, 0) is 34.5 Å². The molecule has 0 amide bonds. The molecule has 0 fully saturated rings. The fraction of sp³-hybridized carbons (Fsp3) is 0. The number of aromatic nitrogens is 2. The Morgan fingerprint density at radius 1 is 0.957 bits per heavy atom. The normalized spacial score (nSPS) is 11.7. The highest BCUT2D eigenvalue weighted by molar-refractivity contribution is 5.98. The molecule has 0 spiro atoms. The first-order chi connectivity index (χ1) is 11.3. The standard InChI is InChI=1S/C20H13N3/c21-13-16(20-22-18-10-3-4-11-19(18)23-20)12-15-8-5-7-14-6-1-2-9-17(14)15/h1-12H,(H,22,23).